The molecule has 0 aromatic rings. The lowest BCUT2D eigenvalue weighted by atomic mass is 9.88. The van der Waals surface area contributed by atoms with E-state index in [0.717, 1.165) is 12.7 Å². The van der Waals surface area contributed by atoms with Gasteiger partial charge in [-0.05, 0) is 51.2 Å². The van der Waals surface area contributed by atoms with Crippen molar-refractivity contribution in [3.8, 4) is 0 Å². The van der Waals surface area contributed by atoms with Crippen molar-refractivity contribution in [3.63, 3.8) is 0 Å². The number of hydrogen-bond acceptors (Lipinski definition) is 5. The molecule has 0 unspecified atom stereocenters. The van der Waals surface area contributed by atoms with Gasteiger partial charge < -0.3 is 14.8 Å². The molecule has 6 heteroatoms. The Balaban J connectivity index is 2.53. The number of carbonyl (C=O) groups is 3. The van der Waals surface area contributed by atoms with Crippen LogP contribution in [0.1, 0.15) is 47.5 Å². The van der Waals surface area contributed by atoms with E-state index in [-0.39, 0.29) is 36.0 Å². The van der Waals surface area contributed by atoms with Crippen molar-refractivity contribution < 1.29 is 23.9 Å². The Morgan fingerprint density at radius 1 is 1.32 bits per heavy atom. The van der Waals surface area contributed by atoms with Gasteiger partial charge in [-0.2, -0.15) is 0 Å². The molecular weight excluding hydrogens is 322 g/mol. The topological polar surface area (TPSA) is 81.7 Å². The van der Waals surface area contributed by atoms with Gasteiger partial charge in [-0.1, -0.05) is 13.0 Å². The van der Waals surface area contributed by atoms with Gasteiger partial charge >= 0.3 is 5.97 Å². The van der Waals surface area contributed by atoms with Crippen molar-refractivity contribution in [2.45, 2.75) is 71.8 Å². The van der Waals surface area contributed by atoms with Gasteiger partial charge in [0.1, 0.15) is 12.4 Å². The fourth-order valence-corrected chi connectivity index (χ4v) is 2.82. The minimum Gasteiger partial charge on any atom is -0.459 e. The molecule has 5 atom stereocenters. The highest BCUT2D eigenvalue weighted by molar-refractivity contribution is 5.87. The highest BCUT2D eigenvalue weighted by Gasteiger charge is 2.33. The lowest BCUT2D eigenvalue weighted by Crippen LogP contribution is -2.50. The second-order valence-electron chi connectivity index (χ2n) is 6.68. The van der Waals surface area contributed by atoms with Gasteiger partial charge in [-0.3, -0.25) is 14.4 Å². The third kappa shape index (κ3) is 7.65. The first-order chi connectivity index (χ1) is 11.7. The lowest BCUT2D eigenvalue weighted by Gasteiger charge is -2.39. The molecule has 0 aromatic heterocycles. The summed E-state index contributed by atoms with van der Waals surface area (Å²) in [5, 5.41) is 2.94. The summed E-state index contributed by atoms with van der Waals surface area (Å²) in [6, 6.07) is -0.0800. The maximum absolute atomic E-state index is 12.0. The molecule has 0 aromatic carbocycles. The number of amides is 1. The van der Waals surface area contributed by atoms with Gasteiger partial charge in [0.25, 0.3) is 0 Å². The van der Waals surface area contributed by atoms with Crippen LogP contribution in [0.2, 0.25) is 0 Å². The van der Waals surface area contributed by atoms with E-state index < -0.39 is 6.10 Å². The van der Waals surface area contributed by atoms with Crippen LogP contribution in [0.15, 0.2) is 23.8 Å². The van der Waals surface area contributed by atoms with E-state index in [2.05, 4.69) is 12.2 Å². The normalized spacial score (nSPS) is 28.4. The molecule has 140 valence electrons. The number of rotatable bonds is 7. The molecule has 0 spiro atoms. The second-order valence-corrected chi connectivity index (χ2v) is 6.68. The zero-order chi connectivity index (χ0) is 19.0. The van der Waals surface area contributed by atoms with Gasteiger partial charge in [-0.25, -0.2) is 0 Å². The predicted molar refractivity (Wildman–Crippen MR) is 94.9 cm³/mol. The number of aldehydes is 1. The monoisotopic (exact) mass is 351 g/mol. The maximum Gasteiger partial charge on any atom is 0.303 e. The Bertz CT molecular complexity index is 540. The Kier molecular flexibility index (Phi) is 8.55. The van der Waals surface area contributed by atoms with E-state index in [1.165, 1.54) is 13.0 Å². The Labute approximate surface area is 149 Å². The molecule has 1 saturated heterocycles. The van der Waals surface area contributed by atoms with Crippen LogP contribution in [-0.2, 0) is 23.9 Å². The van der Waals surface area contributed by atoms with E-state index in [9.17, 15) is 14.4 Å². The van der Waals surface area contributed by atoms with Crippen LogP contribution < -0.4 is 5.32 Å². The van der Waals surface area contributed by atoms with E-state index >= 15 is 0 Å². The highest BCUT2D eigenvalue weighted by Crippen LogP contribution is 2.27. The number of allylic oxidation sites excluding steroid dienone is 1. The van der Waals surface area contributed by atoms with Crippen LogP contribution in [0.25, 0.3) is 0 Å². The molecule has 0 bridgehead atoms. The van der Waals surface area contributed by atoms with E-state index in [4.69, 9.17) is 9.47 Å². The number of ether oxygens (including phenoxy) is 2. The standard InChI is InChI=1S/C19H29NO5/c1-12(11-21)6-8-18-13(2)10-17(15(4)25-18)20-19(23)9-7-14(3)24-16(5)22/h6-7,9,11,13-15,17-18H,8,10H2,1-5H3,(H,20,23)/b9-7+,12-6+/t13-,14-,15+,17+,18-/m0/s1. The molecule has 1 aliphatic rings. The average molecular weight is 351 g/mol. The summed E-state index contributed by atoms with van der Waals surface area (Å²) >= 11 is 0. The molecular formula is C19H29NO5. The zero-order valence-corrected chi connectivity index (χ0v) is 15.7. The smallest absolute Gasteiger partial charge is 0.303 e. The Morgan fingerprint density at radius 3 is 2.60 bits per heavy atom. The molecule has 6 nitrogen and oxygen atoms in total. The molecule has 1 amide bonds. The lowest BCUT2D eigenvalue weighted by molar-refractivity contribution is -0.143. The number of nitrogens with one attached hydrogen (secondary N) is 1. The summed E-state index contributed by atoms with van der Waals surface area (Å²) in [6.07, 6.45) is 6.63. The molecule has 0 aliphatic carbocycles. The summed E-state index contributed by atoms with van der Waals surface area (Å²) < 4.78 is 11.0. The summed E-state index contributed by atoms with van der Waals surface area (Å²) in [5.41, 5.74) is 0.700. The van der Waals surface area contributed by atoms with Crippen LogP contribution in [0, 0.1) is 5.92 Å². The van der Waals surface area contributed by atoms with E-state index in [1.807, 2.05) is 13.0 Å². The number of carbonyl (C=O) groups excluding carboxylic acids is 3. The second kappa shape index (κ2) is 10.1. The minimum absolute atomic E-state index is 0.0394. The largest absolute Gasteiger partial charge is 0.459 e. The highest BCUT2D eigenvalue weighted by atomic mass is 16.5. The fourth-order valence-electron chi connectivity index (χ4n) is 2.82. The average Bonchev–Trinajstić information content (AvgIpc) is 2.53. The SMILES string of the molecule is CC(=O)O[C@@H](C)/C=C/C(=O)N[C@@H]1C[C@H](C)[C@H](C/C=C(\C)C=O)O[C@@H]1C. The molecule has 1 fully saturated rings. The van der Waals surface area contributed by atoms with Crippen molar-refractivity contribution in [3.05, 3.63) is 23.8 Å². The van der Waals surface area contributed by atoms with Crippen molar-refractivity contribution >= 4 is 18.2 Å². The third-order valence-electron chi connectivity index (χ3n) is 4.27. The van der Waals surface area contributed by atoms with Crippen LogP contribution in [0.3, 0.4) is 0 Å². The fraction of sp³-hybridized carbons (Fsp3) is 0.632. The first kappa shape index (κ1) is 21.1. The summed E-state index contributed by atoms with van der Waals surface area (Å²) in [5.74, 6) is -0.353. The predicted octanol–water partition coefficient (Wildman–Crippen LogP) is 2.33. The van der Waals surface area contributed by atoms with Crippen molar-refractivity contribution in [1.29, 1.82) is 0 Å². The maximum atomic E-state index is 12.0. The van der Waals surface area contributed by atoms with Crippen LogP contribution in [-0.4, -0.2) is 42.5 Å². The van der Waals surface area contributed by atoms with Crippen molar-refractivity contribution in [2.24, 2.45) is 5.92 Å². The first-order valence-corrected chi connectivity index (χ1v) is 8.66. The van der Waals surface area contributed by atoms with Crippen molar-refractivity contribution in [1.82, 2.24) is 5.32 Å². The van der Waals surface area contributed by atoms with Gasteiger partial charge in [0, 0.05) is 13.0 Å². The van der Waals surface area contributed by atoms with Crippen LogP contribution in [0.4, 0.5) is 0 Å². The molecule has 1 aliphatic heterocycles. The molecule has 0 saturated carbocycles. The van der Waals surface area contributed by atoms with Gasteiger partial charge in [0.15, 0.2) is 0 Å². The van der Waals surface area contributed by atoms with Crippen molar-refractivity contribution in [2.75, 3.05) is 0 Å². The van der Waals surface area contributed by atoms with Gasteiger partial charge in [0.05, 0.1) is 18.2 Å². The molecule has 1 N–H and O–H groups in total. The summed E-state index contributed by atoms with van der Waals surface area (Å²) in [7, 11) is 0. The number of hydrogen-bond donors (Lipinski definition) is 1. The molecule has 1 heterocycles. The zero-order valence-electron chi connectivity index (χ0n) is 15.7. The Hall–Kier alpha value is -1.95. The van der Waals surface area contributed by atoms with Crippen LogP contribution >= 0.6 is 0 Å². The minimum atomic E-state index is -0.445. The van der Waals surface area contributed by atoms with Gasteiger partial charge in [-0.15, -0.1) is 0 Å². The molecule has 25 heavy (non-hydrogen) atoms. The molecule has 0 radical (unpaired) electrons. The number of esters is 1. The van der Waals surface area contributed by atoms with E-state index in [0.29, 0.717) is 12.0 Å². The summed E-state index contributed by atoms with van der Waals surface area (Å²) in [6.45, 7) is 8.81. The van der Waals surface area contributed by atoms with E-state index in [1.54, 1.807) is 19.9 Å². The quantitative estimate of drug-likeness (QED) is 0.432. The molecule has 1 rings (SSSR count). The Morgan fingerprint density at radius 2 is 2.00 bits per heavy atom. The first-order valence-electron chi connectivity index (χ1n) is 8.66. The summed E-state index contributed by atoms with van der Waals surface area (Å²) in [4.78, 5) is 33.6. The van der Waals surface area contributed by atoms with Gasteiger partial charge in [0.2, 0.25) is 5.91 Å². The third-order valence-corrected chi connectivity index (χ3v) is 4.27. The van der Waals surface area contributed by atoms with Crippen LogP contribution in [0.5, 0.6) is 0 Å².